The van der Waals surface area contributed by atoms with Gasteiger partial charge in [-0.2, -0.15) is 0 Å². The quantitative estimate of drug-likeness (QED) is 0.328. The average Bonchev–Trinajstić information content (AvgIpc) is 3.77. The number of ether oxygens (including phenoxy) is 2. The molecular weight excluding hydrogens is 532 g/mol. The molecule has 2 aromatic rings. The van der Waals surface area contributed by atoms with Gasteiger partial charge in [-0.1, -0.05) is 13.8 Å². The Morgan fingerprint density at radius 3 is 1.72 bits per heavy atom. The number of likely N-dealkylation sites (tertiary alicyclic amines) is 2. The topological polar surface area (TPSA) is 77.0 Å². The Balaban J connectivity index is 0.000000223. The molecule has 3 fully saturated rings. The van der Waals surface area contributed by atoms with Crippen LogP contribution in [0.2, 0.25) is 0 Å². The molecular formula is C37H62N4O2. The van der Waals surface area contributed by atoms with Gasteiger partial charge in [0.2, 0.25) is 0 Å². The van der Waals surface area contributed by atoms with Gasteiger partial charge < -0.3 is 30.7 Å². The van der Waals surface area contributed by atoms with Crippen molar-refractivity contribution in [2.24, 2.45) is 0 Å². The molecule has 1 aliphatic carbocycles. The molecule has 2 heterocycles. The number of hydrogen-bond donors (Lipinski definition) is 2. The predicted molar refractivity (Wildman–Crippen MR) is 185 cm³/mol. The second kappa shape index (κ2) is 15.5. The predicted octanol–water partition coefficient (Wildman–Crippen LogP) is 8.29. The van der Waals surface area contributed by atoms with Gasteiger partial charge in [-0.25, -0.2) is 0 Å². The highest BCUT2D eigenvalue weighted by Gasteiger charge is 2.31. The van der Waals surface area contributed by atoms with Crippen molar-refractivity contribution in [2.75, 3.05) is 32.1 Å². The highest BCUT2D eigenvalue weighted by atomic mass is 16.5. The van der Waals surface area contributed by atoms with E-state index in [0.29, 0.717) is 36.1 Å². The van der Waals surface area contributed by atoms with Crippen molar-refractivity contribution in [1.29, 1.82) is 0 Å². The molecule has 2 saturated heterocycles. The van der Waals surface area contributed by atoms with E-state index >= 15 is 0 Å². The summed E-state index contributed by atoms with van der Waals surface area (Å²) in [4.78, 5) is 4.93. The van der Waals surface area contributed by atoms with Gasteiger partial charge in [0, 0.05) is 18.1 Å². The van der Waals surface area contributed by atoms with E-state index in [0.717, 1.165) is 29.4 Å². The number of nitrogens with zero attached hydrogens (tertiary/aromatic N) is 2. The van der Waals surface area contributed by atoms with Gasteiger partial charge in [-0.3, -0.25) is 0 Å². The summed E-state index contributed by atoms with van der Waals surface area (Å²) in [5.74, 6) is 2.98. The number of nitrogens with two attached hydrogens (primary N) is 2. The van der Waals surface area contributed by atoms with Crippen molar-refractivity contribution in [3.63, 3.8) is 0 Å². The Hall–Kier alpha value is -2.44. The fraction of sp³-hybridized carbons (Fsp3) is 0.676. The first-order valence-corrected chi connectivity index (χ1v) is 16.9. The lowest BCUT2D eigenvalue weighted by molar-refractivity contribution is 0.122. The van der Waals surface area contributed by atoms with Crippen LogP contribution in [0, 0.1) is 13.8 Å². The van der Waals surface area contributed by atoms with E-state index in [1.54, 1.807) is 0 Å². The molecule has 4 unspecified atom stereocenters. The molecule has 6 heteroatoms. The van der Waals surface area contributed by atoms with Crippen molar-refractivity contribution in [3.8, 4) is 11.5 Å². The van der Waals surface area contributed by atoms with Gasteiger partial charge in [-0.15, -0.1) is 0 Å². The summed E-state index contributed by atoms with van der Waals surface area (Å²) in [6, 6.07) is 10.5. The zero-order chi connectivity index (χ0) is 32.0. The Labute approximate surface area is 263 Å². The van der Waals surface area contributed by atoms with Crippen LogP contribution in [0.15, 0.2) is 24.3 Å². The summed E-state index contributed by atoms with van der Waals surface area (Å²) in [5.41, 5.74) is 19.2. The maximum atomic E-state index is 6.14. The van der Waals surface area contributed by atoms with Crippen LogP contribution < -0.4 is 20.9 Å². The molecule has 242 valence electrons. The van der Waals surface area contributed by atoms with Crippen molar-refractivity contribution in [1.82, 2.24) is 9.80 Å². The number of aryl methyl sites for hydroxylation is 2. The zero-order valence-electron chi connectivity index (χ0n) is 29.2. The van der Waals surface area contributed by atoms with Crippen LogP contribution in [0.4, 0.5) is 11.4 Å². The lowest BCUT2D eigenvalue weighted by Gasteiger charge is -2.41. The van der Waals surface area contributed by atoms with Gasteiger partial charge in [0.05, 0.1) is 23.6 Å². The second-order valence-electron chi connectivity index (χ2n) is 13.6. The molecule has 0 spiro atoms. The van der Waals surface area contributed by atoms with Gasteiger partial charge in [-0.05, 0) is 166 Å². The summed E-state index contributed by atoms with van der Waals surface area (Å²) in [5, 5.41) is 0. The molecule has 4 N–H and O–H groups in total. The van der Waals surface area contributed by atoms with Crippen LogP contribution >= 0.6 is 0 Å². The van der Waals surface area contributed by atoms with Crippen molar-refractivity contribution in [3.05, 3.63) is 46.5 Å². The molecule has 4 atom stereocenters. The zero-order valence-corrected chi connectivity index (χ0v) is 29.2. The standard InChI is InChI=1S/C18H28N2O.C17H28N2O.C2H6/c1-11-7-17(19)18(21-15-5-6-15)10-16(11)14-8-12(2)20(4)13(3)9-14;1-11(2)20-17-10-15(12(3)8-16(17)18)14-6-7-19(5)13(4)9-14;1-2/h7,10,12-15H,5-6,8-9,19H2,1-4H3;8,10-11,13-14H,6-7,9,18H2,1-5H3;1-2H3. The number of nitrogen functional groups attached to an aromatic ring is 2. The van der Waals surface area contributed by atoms with E-state index in [4.69, 9.17) is 20.9 Å². The fourth-order valence-corrected chi connectivity index (χ4v) is 6.67. The Kier molecular flexibility index (Phi) is 12.6. The molecule has 0 radical (unpaired) electrons. The van der Waals surface area contributed by atoms with E-state index in [9.17, 15) is 0 Å². The van der Waals surface area contributed by atoms with Crippen LogP contribution in [0.25, 0.3) is 0 Å². The average molecular weight is 595 g/mol. The number of hydrogen-bond acceptors (Lipinski definition) is 6. The monoisotopic (exact) mass is 594 g/mol. The minimum absolute atomic E-state index is 0.157. The third-order valence-electron chi connectivity index (χ3n) is 9.71. The normalized spacial score (nSPS) is 26.2. The molecule has 43 heavy (non-hydrogen) atoms. The first kappa shape index (κ1) is 35.0. The van der Waals surface area contributed by atoms with Crippen molar-refractivity contribution >= 4 is 11.4 Å². The van der Waals surface area contributed by atoms with Crippen LogP contribution in [-0.2, 0) is 0 Å². The van der Waals surface area contributed by atoms with E-state index in [1.807, 2.05) is 27.7 Å². The smallest absolute Gasteiger partial charge is 0.142 e. The molecule has 0 amide bonds. The lowest BCUT2D eigenvalue weighted by atomic mass is 9.81. The first-order valence-electron chi connectivity index (χ1n) is 16.9. The first-order chi connectivity index (χ1) is 20.3. The van der Waals surface area contributed by atoms with Crippen LogP contribution in [0.3, 0.4) is 0 Å². The van der Waals surface area contributed by atoms with Crippen molar-refractivity contribution in [2.45, 2.75) is 143 Å². The summed E-state index contributed by atoms with van der Waals surface area (Å²) in [6.07, 6.45) is 7.76. The highest BCUT2D eigenvalue weighted by molar-refractivity contribution is 5.58. The SMILES string of the molecule is CC.Cc1cc(N)c(OC(C)C)cc1C1CCN(C)C(C)C1.Cc1cc(N)c(OC2CC2)cc1C1CC(C)N(C)C(C)C1. The lowest BCUT2D eigenvalue weighted by Crippen LogP contribution is -2.43. The van der Waals surface area contributed by atoms with Crippen LogP contribution in [0.5, 0.6) is 11.5 Å². The minimum atomic E-state index is 0.157. The highest BCUT2D eigenvalue weighted by Crippen LogP contribution is 2.40. The maximum absolute atomic E-state index is 6.14. The van der Waals surface area contributed by atoms with E-state index < -0.39 is 0 Å². The van der Waals surface area contributed by atoms with E-state index in [2.05, 4.69) is 82.8 Å². The van der Waals surface area contributed by atoms with Gasteiger partial charge in [0.1, 0.15) is 11.5 Å². The molecule has 5 rings (SSSR count). The second-order valence-corrected chi connectivity index (χ2v) is 13.6. The summed E-state index contributed by atoms with van der Waals surface area (Å²) >= 11 is 0. The van der Waals surface area contributed by atoms with Crippen molar-refractivity contribution < 1.29 is 9.47 Å². The molecule has 3 aliphatic rings. The molecule has 2 aromatic carbocycles. The summed E-state index contributed by atoms with van der Waals surface area (Å²) in [6.45, 7) is 20.6. The molecule has 6 nitrogen and oxygen atoms in total. The maximum Gasteiger partial charge on any atom is 0.142 e. The van der Waals surface area contributed by atoms with Gasteiger partial charge in [0.25, 0.3) is 0 Å². The Morgan fingerprint density at radius 1 is 0.721 bits per heavy atom. The van der Waals surface area contributed by atoms with E-state index in [-0.39, 0.29) is 6.10 Å². The number of benzene rings is 2. The molecule has 0 bridgehead atoms. The van der Waals surface area contributed by atoms with Crippen LogP contribution in [0.1, 0.15) is 121 Å². The molecule has 1 saturated carbocycles. The van der Waals surface area contributed by atoms with Gasteiger partial charge in [0.15, 0.2) is 0 Å². The minimum Gasteiger partial charge on any atom is -0.489 e. The molecule has 2 aliphatic heterocycles. The largest absolute Gasteiger partial charge is 0.489 e. The Morgan fingerprint density at radius 2 is 1.21 bits per heavy atom. The third-order valence-corrected chi connectivity index (χ3v) is 9.71. The number of rotatable bonds is 6. The van der Waals surface area contributed by atoms with Gasteiger partial charge >= 0.3 is 0 Å². The van der Waals surface area contributed by atoms with E-state index in [1.165, 1.54) is 60.8 Å². The summed E-state index contributed by atoms with van der Waals surface area (Å²) < 4.78 is 11.8. The summed E-state index contributed by atoms with van der Waals surface area (Å²) in [7, 11) is 4.45. The number of anilines is 2. The van der Waals surface area contributed by atoms with Crippen LogP contribution in [-0.4, -0.2) is 60.8 Å². The fourth-order valence-electron chi connectivity index (χ4n) is 6.67. The molecule has 0 aromatic heterocycles. The number of piperidine rings is 2. The third kappa shape index (κ3) is 9.28. The Bertz CT molecular complexity index is 1170.